The highest BCUT2D eigenvalue weighted by molar-refractivity contribution is 5.70. The third kappa shape index (κ3) is 2.61. The van der Waals surface area contributed by atoms with Crippen molar-refractivity contribution in [1.29, 1.82) is 0 Å². The van der Waals surface area contributed by atoms with Gasteiger partial charge in [-0.15, -0.1) is 5.10 Å². The summed E-state index contributed by atoms with van der Waals surface area (Å²) in [6.45, 7) is 0. The molecule has 4 rings (SSSR count). The Morgan fingerprint density at radius 1 is 1.21 bits per heavy atom. The summed E-state index contributed by atoms with van der Waals surface area (Å²) < 4.78 is 3.89. The van der Waals surface area contributed by atoms with Gasteiger partial charge < -0.3 is 5.11 Å². The van der Waals surface area contributed by atoms with E-state index in [4.69, 9.17) is 5.11 Å². The highest BCUT2D eigenvalue weighted by atomic mass is 16.4. The molecular weight excluding hydrogens is 306 g/mol. The summed E-state index contributed by atoms with van der Waals surface area (Å²) in [5.74, 6) is -0.287. The number of hydrogen-bond donors (Lipinski definition) is 1. The van der Waals surface area contributed by atoms with Crippen molar-refractivity contribution in [3.05, 3.63) is 18.1 Å². The lowest BCUT2D eigenvalue weighted by Gasteiger charge is -2.26. The Balaban J connectivity index is 1.53. The second kappa shape index (κ2) is 6.03. The van der Waals surface area contributed by atoms with E-state index in [1.807, 2.05) is 28.8 Å². The molecule has 2 aromatic rings. The molecule has 128 valence electrons. The topological polar surface area (TPSA) is 85.8 Å². The summed E-state index contributed by atoms with van der Waals surface area (Å²) in [6.07, 6.45) is 10.8. The second-order valence-electron chi connectivity index (χ2n) is 7.12. The lowest BCUT2D eigenvalue weighted by Crippen LogP contribution is -2.23. The van der Waals surface area contributed by atoms with Crippen molar-refractivity contribution < 1.29 is 9.90 Å². The number of aromatic nitrogens is 5. The summed E-state index contributed by atoms with van der Waals surface area (Å²) in [4.78, 5) is 11.1. The first-order chi connectivity index (χ1) is 11.6. The van der Waals surface area contributed by atoms with Crippen LogP contribution in [0, 0.1) is 5.92 Å². The highest BCUT2D eigenvalue weighted by Gasteiger charge is 2.29. The second-order valence-corrected chi connectivity index (χ2v) is 7.12. The zero-order chi connectivity index (χ0) is 16.7. The van der Waals surface area contributed by atoms with Crippen LogP contribution in [0.15, 0.2) is 12.4 Å². The Hall–Kier alpha value is -2.18. The maximum atomic E-state index is 11.1. The average molecular weight is 329 g/mol. The van der Waals surface area contributed by atoms with E-state index in [2.05, 4.69) is 15.4 Å². The van der Waals surface area contributed by atoms with Crippen molar-refractivity contribution in [1.82, 2.24) is 24.8 Å². The lowest BCUT2D eigenvalue weighted by molar-refractivity contribution is -0.143. The van der Waals surface area contributed by atoms with E-state index in [1.54, 1.807) is 0 Å². The molecule has 0 bridgehead atoms. The minimum atomic E-state index is -0.673. The van der Waals surface area contributed by atoms with Gasteiger partial charge in [0.1, 0.15) is 5.69 Å². The number of rotatable bonds is 4. The standard InChI is InChI=1S/C17H23N5O2/c1-21-16(11-3-2-4-11)14(9-18-21)15-10-22(20-19-15)13-7-5-12(6-8-13)17(23)24/h9-13H,2-8H2,1H3,(H,23,24). The van der Waals surface area contributed by atoms with Crippen LogP contribution in [-0.4, -0.2) is 35.9 Å². The van der Waals surface area contributed by atoms with Crippen molar-refractivity contribution in [2.24, 2.45) is 13.0 Å². The van der Waals surface area contributed by atoms with E-state index in [-0.39, 0.29) is 12.0 Å². The van der Waals surface area contributed by atoms with E-state index in [0.29, 0.717) is 5.92 Å². The van der Waals surface area contributed by atoms with Gasteiger partial charge in [-0.25, -0.2) is 4.68 Å². The first kappa shape index (κ1) is 15.4. The zero-order valence-corrected chi connectivity index (χ0v) is 13.9. The third-order valence-electron chi connectivity index (χ3n) is 5.68. The van der Waals surface area contributed by atoms with Crippen molar-refractivity contribution in [2.75, 3.05) is 0 Å². The number of nitrogens with zero attached hydrogens (tertiary/aromatic N) is 5. The van der Waals surface area contributed by atoms with Crippen molar-refractivity contribution in [3.63, 3.8) is 0 Å². The first-order valence-corrected chi connectivity index (χ1v) is 8.80. The van der Waals surface area contributed by atoms with Crippen LogP contribution < -0.4 is 0 Å². The fourth-order valence-electron chi connectivity index (χ4n) is 3.98. The van der Waals surface area contributed by atoms with Crippen LogP contribution >= 0.6 is 0 Å². The van der Waals surface area contributed by atoms with Gasteiger partial charge in [0.15, 0.2) is 0 Å². The molecule has 0 unspecified atom stereocenters. The van der Waals surface area contributed by atoms with Gasteiger partial charge in [0.05, 0.1) is 30.0 Å². The van der Waals surface area contributed by atoms with Crippen LogP contribution in [-0.2, 0) is 11.8 Å². The lowest BCUT2D eigenvalue weighted by atomic mass is 9.81. The molecule has 1 N–H and O–H groups in total. The van der Waals surface area contributed by atoms with Crippen LogP contribution in [0.1, 0.15) is 62.6 Å². The molecule has 2 saturated carbocycles. The Bertz CT molecular complexity index is 738. The van der Waals surface area contributed by atoms with Crippen LogP contribution in [0.25, 0.3) is 11.3 Å². The van der Waals surface area contributed by atoms with Gasteiger partial charge >= 0.3 is 5.97 Å². The number of carboxylic acids is 1. The quantitative estimate of drug-likeness (QED) is 0.932. The molecule has 0 spiro atoms. The van der Waals surface area contributed by atoms with Gasteiger partial charge in [-0.05, 0) is 38.5 Å². The van der Waals surface area contributed by atoms with Gasteiger partial charge in [0.2, 0.25) is 0 Å². The molecule has 0 aliphatic heterocycles. The Morgan fingerprint density at radius 2 is 1.96 bits per heavy atom. The first-order valence-electron chi connectivity index (χ1n) is 8.80. The minimum Gasteiger partial charge on any atom is -0.481 e. The molecule has 7 nitrogen and oxygen atoms in total. The van der Waals surface area contributed by atoms with Gasteiger partial charge in [0, 0.05) is 18.5 Å². The van der Waals surface area contributed by atoms with E-state index < -0.39 is 5.97 Å². The summed E-state index contributed by atoms with van der Waals surface area (Å²) in [5, 5.41) is 22.2. The number of carbonyl (C=O) groups is 1. The monoisotopic (exact) mass is 329 g/mol. The molecule has 0 amide bonds. The van der Waals surface area contributed by atoms with Crippen LogP contribution in [0.2, 0.25) is 0 Å². The SMILES string of the molecule is Cn1ncc(-c2cn(C3CCC(C(=O)O)CC3)nn2)c1C1CCC1. The minimum absolute atomic E-state index is 0.201. The van der Waals surface area contributed by atoms with E-state index in [1.165, 1.54) is 25.0 Å². The molecule has 2 aliphatic carbocycles. The fourth-order valence-corrected chi connectivity index (χ4v) is 3.98. The summed E-state index contributed by atoms with van der Waals surface area (Å²) in [5.41, 5.74) is 3.24. The zero-order valence-electron chi connectivity index (χ0n) is 13.9. The normalized spacial score (nSPS) is 24.7. The summed E-state index contributed by atoms with van der Waals surface area (Å²) in [7, 11) is 1.99. The number of carboxylic acid groups (broad SMARTS) is 1. The molecule has 0 aromatic carbocycles. The van der Waals surface area contributed by atoms with Crippen LogP contribution in [0.3, 0.4) is 0 Å². The Labute approximate surface area is 140 Å². The maximum Gasteiger partial charge on any atom is 0.306 e. The van der Waals surface area contributed by atoms with Crippen LogP contribution in [0.4, 0.5) is 0 Å². The predicted molar refractivity (Wildman–Crippen MR) is 87.4 cm³/mol. The smallest absolute Gasteiger partial charge is 0.306 e. The van der Waals surface area contributed by atoms with E-state index in [9.17, 15) is 4.79 Å². The average Bonchev–Trinajstić information content (AvgIpc) is 3.14. The molecule has 7 heteroatoms. The van der Waals surface area contributed by atoms with Gasteiger partial charge in [-0.1, -0.05) is 11.6 Å². The molecule has 0 atom stereocenters. The molecule has 2 heterocycles. The van der Waals surface area contributed by atoms with Crippen LogP contribution in [0.5, 0.6) is 0 Å². The third-order valence-corrected chi connectivity index (χ3v) is 5.68. The molecule has 0 saturated heterocycles. The molecule has 2 fully saturated rings. The van der Waals surface area contributed by atoms with Gasteiger partial charge in [0.25, 0.3) is 0 Å². The van der Waals surface area contributed by atoms with Gasteiger partial charge in [-0.3, -0.25) is 9.48 Å². The number of hydrogen-bond acceptors (Lipinski definition) is 4. The Morgan fingerprint density at radius 3 is 2.58 bits per heavy atom. The number of aryl methyl sites for hydroxylation is 1. The van der Waals surface area contributed by atoms with E-state index in [0.717, 1.165) is 36.9 Å². The molecule has 2 aliphatic rings. The van der Waals surface area contributed by atoms with Gasteiger partial charge in [-0.2, -0.15) is 5.10 Å². The largest absolute Gasteiger partial charge is 0.481 e. The predicted octanol–water partition coefficient (Wildman–Crippen LogP) is 2.76. The molecule has 0 radical (unpaired) electrons. The highest BCUT2D eigenvalue weighted by Crippen LogP contribution is 2.40. The maximum absolute atomic E-state index is 11.1. The number of aliphatic carboxylic acids is 1. The van der Waals surface area contributed by atoms with Crippen molar-refractivity contribution in [3.8, 4) is 11.3 Å². The molecule has 2 aromatic heterocycles. The Kier molecular flexibility index (Phi) is 3.86. The van der Waals surface area contributed by atoms with Crippen molar-refractivity contribution in [2.45, 2.75) is 56.9 Å². The van der Waals surface area contributed by atoms with E-state index >= 15 is 0 Å². The molecule has 24 heavy (non-hydrogen) atoms. The van der Waals surface area contributed by atoms with Crippen molar-refractivity contribution >= 4 is 5.97 Å². The summed E-state index contributed by atoms with van der Waals surface area (Å²) in [6, 6.07) is 0.255. The molecular formula is C17H23N5O2. The fraction of sp³-hybridized carbons (Fsp3) is 0.647. The summed E-state index contributed by atoms with van der Waals surface area (Å²) >= 11 is 0.